The first-order valence-corrected chi connectivity index (χ1v) is 11.2. The number of allylic oxidation sites excluding steroid dienone is 4. The van der Waals surface area contributed by atoms with E-state index in [1.165, 1.54) is 0 Å². The van der Waals surface area contributed by atoms with Crippen LogP contribution in [0.2, 0.25) is 0 Å². The number of Topliss-reactive ketones (excluding diaryl/α,β-unsaturated/α-hetero) is 1. The molecule has 3 fully saturated rings. The molecule has 166 valence electrons. The maximum atomic E-state index is 13.0. The Balaban J connectivity index is 1.71. The molecule has 7 atom stereocenters. The molecule has 0 unspecified atom stereocenters. The summed E-state index contributed by atoms with van der Waals surface area (Å²) < 4.78 is 11.5. The van der Waals surface area contributed by atoms with Crippen molar-refractivity contribution in [3.05, 3.63) is 23.8 Å². The van der Waals surface area contributed by atoms with Crippen LogP contribution >= 0.6 is 0 Å². The van der Waals surface area contributed by atoms with Crippen molar-refractivity contribution in [2.75, 3.05) is 20.0 Å². The van der Waals surface area contributed by atoms with Gasteiger partial charge in [0.15, 0.2) is 11.6 Å². The number of hydrogen-bond donors (Lipinski definition) is 2. The van der Waals surface area contributed by atoms with Crippen molar-refractivity contribution >= 4 is 11.6 Å². The zero-order chi connectivity index (χ0) is 21.7. The molecule has 0 bridgehead atoms. The molecule has 0 amide bonds. The molecule has 0 aliphatic heterocycles. The minimum absolute atomic E-state index is 0.00416. The van der Waals surface area contributed by atoms with Gasteiger partial charge in [-0.25, -0.2) is 0 Å². The second-order valence-electron chi connectivity index (χ2n) is 9.91. The summed E-state index contributed by atoms with van der Waals surface area (Å²) in [6.07, 6.45) is 8.24. The predicted octanol–water partition coefficient (Wildman–Crippen LogP) is 2.58. The topological polar surface area (TPSA) is 93.1 Å². The maximum absolute atomic E-state index is 13.0. The van der Waals surface area contributed by atoms with Gasteiger partial charge in [-0.2, -0.15) is 0 Å². The average molecular weight is 419 g/mol. The third-order valence-corrected chi connectivity index (χ3v) is 8.80. The SMILES string of the molecule is CCOCO[C@]1(C(=O)CO)CC[C@H]2[C@@H]3CCC4=CC(=O)C=C[C@]4(C)[C@H]3[C@@H](O)C[C@@]21C. The second kappa shape index (κ2) is 7.66. The number of carbonyl (C=O) groups is 2. The lowest BCUT2D eigenvalue weighted by molar-refractivity contribution is -0.217. The Morgan fingerprint density at radius 3 is 2.77 bits per heavy atom. The number of hydrogen-bond acceptors (Lipinski definition) is 6. The van der Waals surface area contributed by atoms with Gasteiger partial charge in [-0.3, -0.25) is 9.59 Å². The minimum Gasteiger partial charge on any atom is -0.393 e. The molecular formula is C24H34O6. The van der Waals surface area contributed by atoms with Crippen molar-refractivity contribution in [3.63, 3.8) is 0 Å². The van der Waals surface area contributed by atoms with E-state index < -0.39 is 23.7 Å². The van der Waals surface area contributed by atoms with E-state index in [0.29, 0.717) is 19.4 Å². The van der Waals surface area contributed by atoms with E-state index in [9.17, 15) is 19.8 Å². The highest BCUT2D eigenvalue weighted by Gasteiger charge is 2.69. The average Bonchev–Trinajstić information content (AvgIpc) is 3.00. The highest BCUT2D eigenvalue weighted by Crippen LogP contribution is 2.67. The minimum atomic E-state index is -1.14. The Hall–Kier alpha value is -1.34. The van der Waals surface area contributed by atoms with Crippen LogP contribution in [-0.2, 0) is 19.1 Å². The first-order valence-electron chi connectivity index (χ1n) is 11.2. The Labute approximate surface area is 178 Å². The normalized spacial score (nSPS) is 44.8. The fourth-order valence-corrected chi connectivity index (χ4v) is 7.44. The smallest absolute Gasteiger partial charge is 0.190 e. The quantitative estimate of drug-likeness (QED) is 0.509. The Bertz CT molecular complexity index is 787. The molecule has 0 spiro atoms. The molecule has 6 heteroatoms. The molecule has 4 aliphatic rings. The fourth-order valence-electron chi connectivity index (χ4n) is 7.44. The van der Waals surface area contributed by atoms with Gasteiger partial charge in [0.1, 0.15) is 19.0 Å². The van der Waals surface area contributed by atoms with Crippen LogP contribution in [0.1, 0.15) is 52.9 Å². The molecule has 2 N–H and O–H groups in total. The first kappa shape index (κ1) is 21.9. The molecular weight excluding hydrogens is 384 g/mol. The van der Waals surface area contributed by atoms with Crippen molar-refractivity contribution in [1.82, 2.24) is 0 Å². The second-order valence-corrected chi connectivity index (χ2v) is 9.91. The molecule has 6 nitrogen and oxygen atoms in total. The van der Waals surface area contributed by atoms with Crippen molar-refractivity contribution in [3.8, 4) is 0 Å². The van der Waals surface area contributed by atoms with Crippen molar-refractivity contribution < 1.29 is 29.3 Å². The third-order valence-electron chi connectivity index (χ3n) is 8.80. The summed E-state index contributed by atoms with van der Waals surface area (Å²) in [5.74, 6) is 0.138. The van der Waals surface area contributed by atoms with Gasteiger partial charge in [0.05, 0.1) is 6.10 Å². The number of aliphatic hydroxyl groups excluding tert-OH is 2. The Morgan fingerprint density at radius 2 is 2.07 bits per heavy atom. The molecule has 0 saturated heterocycles. The number of carbonyl (C=O) groups excluding carboxylic acids is 2. The van der Waals surface area contributed by atoms with Gasteiger partial charge in [0, 0.05) is 23.4 Å². The van der Waals surface area contributed by atoms with E-state index in [1.54, 1.807) is 12.2 Å². The monoisotopic (exact) mass is 418 g/mol. The number of ether oxygens (including phenoxy) is 2. The Morgan fingerprint density at radius 1 is 1.30 bits per heavy atom. The number of fused-ring (bicyclic) bond motifs is 5. The van der Waals surface area contributed by atoms with Gasteiger partial charge in [-0.05, 0) is 63.0 Å². The van der Waals surface area contributed by atoms with Crippen LogP contribution in [0.15, 0.2) is 23.8 Å². The van der Waals surface area contributed by atoms with Gasteiger partial charge in [0.2, 0.25) is 0 Å². The van der Waals surface area contributed by atoms with Crippen molar-refractivity contribution in [2.45, 2.75) is 64.6 Å². The Kier molecular flexibility index (Phi) is 5.59. The van der Waals surface area contributed by atoms with Crippen LogP contribution in [0.5, 0.6) is 0 Å². The largest absolute Gasteiger partial charge is 0.393 e. The molecule has 0 aromatic heterocycles. The molecule has 0 aromatic rings. The van der Waals surface area contributed by atoms with Crippen molar-refractivity contribution in [2.24, 2.45) is 28.6 Å². The van der Waals surface area contributed by atoms with Gasteiger partial charge in [-0.1, -0.05) is 25.5 Å². The summed E-state index contributed by atoms with van der Waals surface area (Å²) in [6, 6.07) is 0. The number of ketones is 2. The van der Waals surface area contributed by atoms with Gasteiger partial charge in [-0.15, -0.1) is 0 Å². The van der Waals surface area contributed by atoms with Crippen LogP contribution in [0, 0.1) is 28.6 Å². The van der Waals surface area contributed by atoms with Gasteiger partial charge in [0.25, 0.3) is 0 Å². The molecule has 0 aromatic carbocycles. The zero-order valence-electron chi connectivity index (χ0n) is 18.2. The summed E-state index contributed by atoms with van der Waals surface area (Å²) in [7, 11) is 0. The molecule has 30 heavy (non-hydrogen) atoms. The molecule has 0 radical (unpaired) electrons. The molecule has 0 heterocycles. The number of aliphatic hydroxyl groups is 2. The van der Waals surface area contributed by atoms with Crippen LogP contribution in [0.25, 0.3) is 0 Å². The van der Waals surface area contributed by atoms with E-state index in [0.717, 1.165) is 24.8 Å². The summed E-state index contributed by atoms with van der Waals surface area (Å²) in [5, 5.41) is 21.2. The van der Waals surface area contributed by atoms with Crippen LogP contribution in [0.3, 0.4) is 0 Å². The highest BCUT2D eigenvalue weighted by molar-refractivity contribution is 6.01. The molecule has 4 aliphatic carbocycles. The summed E-state index contributed by atoms with van der Waals surface area (Å²) in [4.78, 5) is 25.0. The van der Waals surface area contributed by atoms with Crippen molar-refractivity contribution in [1.29, 1.82) is 0 Å². The van der Waals surface area contributed by atoms with Crippen LogP contribution in [0.4, 0.5) is 0 Å². The van der Waals surface area contributed by atoms with E-state index in [1.807, 2.05) is 13.0 Å². The molecule has 3 saturated carbocycles. The summed E-state index contributed by atoms with van der Waals surface area (Å²) >= 11 is 0. The third kappa shape index (κ3) is 2.91. The number of rotatable bonds is 6. The predicted molar refractivity (Wildman–Crippen MR) is 110 cm³/mol. The van der Waals surface area contributed by atoms with Gasteiger partial charge >= 0.3 is 0 Å². The van der Waals surface area contributed by atoms with E-state index in [4.69, 9.17) is 9.47 Å². The fraction of sp³-hybridized carbons (Fsp3) is 0.750. The lowest BCUT2D eigenvalue weighted by atomic mass is 9.46. The van der Waals surface area contributed by atoms with Crippen LogP contribution in [-0.4, -0.2) is 53.5 Å². The van der Waals surface area contributed by atoms with E-state index in [-0.39, 0.29) is 41.5 Å². The maximum Gasteiger partial charge on any atom is 0.190 e. The summed E-state index contributed by atoms with van der Waals surface area (Å²) in [6.45, 7) is 5.97. The van der Waals surface area contributed by atoms with E-state index >= 15 is 0 Å². The van der Waals surface area contributed by atoms with Crippen LogP contribution < -0.4 is 0 Å². The first-order chi connectivity index (χ1) is 14.2. The molecule has 4 rings (SSSR count). The highest BCUT2D eigenvalue weighted by atomic mass is 16.7. The lowest BCUT2D eigenvalue weighted by Crippen LogP contribution is -2.62. The lowest BCUT2D eigenvalue weighted by Gasteiger charge is -2.60. The zero-order valence-corrected chi connectivity index (χ0v) is 18.2. The van der Waals surface area contributed by atoms with E-state index in [2.05, 4.69) is 13.8 Å². The van der Waals surface area contributed by atoms with Gasteiger partial charge < -0.3 is 19.7 Å². The standard InChI is InChI=1S/C24H34O6/c1-4-29-14-30-24(20(28)13-25)10-8-18-17-6-5-15-11-16(26)7-9-22(15,2)21(17)19(27)12-23(18,24)3/h7,9,11,17-19,21,25,27H,4-6,8,10,12-14H2,1-3H3/t17-,18-,19-,21+,22-,23-,24-/m0/s1. The summed E-state index contributed by atoms with van der Waals surface area (Å²) in [5.41, 5.74) is -0.933.